The maximum atomic E-state index is 13.7. The van der Waals surface area contributed by atoms with Crippen LogP contribution in [-0.2, 0) is 38.4 Å². The Morgan fingerprint density at radius 3 is 1.43 bits per heavy atom. The summed E-state index contributed by atoms with van der Waals surface area (Å²) < 4.78 is 0. The molecule has 49 heavy (non-hydrogen) atoms. The van der Waals surface area contributed by atoms with Crippen LogP contribution in [0.4, 0.5) is 0 Å². The Morgan fingerprint density at radius 2 is 1.02 bits per heavy atom. The number of rotatable bonds is 22. The number of carbonyl (C=O) groups excluding carboxylic acids is 7. The van der Waals surface area contributed by atoms with Crippen molar-refractivity contribution in [1.29, 1.82) is 0 Å². The quantitative estimate of drug-likeness (QED) is 0.0660. The molecule has 0 aliphatic heterocycles. The summed E-state index contributed by atoms with van der Waals surface area (Å²) in [5.74, 6) is -7.85. The standard InChI is InChI=1S/C32H57N7O9S/c1-10-17(7)25(34-19(9)40)32(48)38-24(16(5)6)30(46)39-26(18(8)11-2)31(47)36-20(12-15(3)4)28(44)35-21(13-23(41)42)29(45)37-22(14-49)27(33)43/h15-18,20-22,24-26,49H,10-14H2,1-9H3,(H2,33,43)(H,34,40)(H,35,44)(H,36,47)(H,37,45)(H,38,48)(H,39,46)(H,41,42)/t17-,18-,20-,21-,22-,24-,25-,26-/m0/s1. The maximum absolute atomic E-state index is 13.7. The third kappa shape index (κ3) is 15.9. The number of nitrogens with one attached hydrogen (secondary N) is 6. The van der Waals surface area contributed by atoms with Crippen molar-refractivity contribution in [3.05, 3.63) is 0 Å². The van der Waals surface area contributed by atoms with Gasteiger partial charge in [-0.15, -0.1) is 0 Å². The number of carboxylic acids is 1. The Labute approximate surface area is 294 Å². The average molecular weight is 716 g/mol. The van der Waals surface area contributed by atoms with E-state index in [1.165, 1.54) is 6.92 Å². The lowest BCUT2D eigenvalue weighted by Crippen LogP contribution is -2.62. The highest BCUT2D eigenvalue weighted by Gasteiger charge is 2.36. The molecule has 16 nitrogen and oxygen atoms in total. The number of hydrogen-bond donors (Lipinski definition) is 9. The molecule has 17 heteroatoms. The van der Waals surface area contributed by atoms with Crippen LogP contribution in [0.25, 0.3) is 0 Å². The maximum Gasteiger partial charge on any atom is 0.305 e. The zero-order valence-electron chi connectivity index (χ0n) is 30.0. The summed E-state index contributed by atoms with van der Waals surface area (Å²) in [4.78, 5) is 102. The smallest absolute Gasteiger partial charge is 0.305 e. The van der Waals surface area contributed by atoms with E-state index < -0.39 is 102 Å². The summed E-state index contributed by atoms with van der Waals surface area (Å²) in [6, 6.07) is -7.18. The van der Waals surface area contributed by atoms with E-state index in [-0.39, 0.29) is 24.0 Å². The fourth-order valence-corrected chi connectivity index (χ4v) is 5.01. The Bertz CT molecular complexity index is 1180. The Balaban J connectivity index is 6.21. The lowest BCUT2D eigenvalue weighted by molar-refractivity contribution is -0.141. The normalized spacial score (nSPS) is 16.1. The van der Waals surface area contributed by atoms with Gasteiger partial charge in [0.1, 0.15) is 36.3 Å². The fourth-order valence-electron chi connectivity index (χ4n) is 4.74. The summed E-state index contributed by atoms with van der Waals surface area (Å²) in [6.07, 6.45) is 0.296. The summed E-state index contributed by atoms with van der Waals surface area (Å²) in [7, 11) is 0. The predicted octanol–water partition coefficient (Wildman–Crippen LogP) is -0.401. The third-order valence-corrected chi connectivity index (χ3v) is 8.45. The highest BCUT2D eigenvalue weighted by molar-refractivity contribution is 7.80. The number of thiol groups is 1. The monoisotopic (exact) mass is 715 g/mol. The molecule has 280 valence electrons. The first-order chi connectivity index (χ1) is 22.7. The molecule has 0 aromatic heterocycles. The average Bonchev–Trinajstić information content (AvgIpc) is 3.00. The molecule has 0 aromatic rings. The van der Waals surface area contributed by atoms with E-state index in [1.54, 1.807) is 48.5 Å². The van der Waals surface area contributed by atoms with Gasteiger partial charge in [-0.3, -0.25) is 38.4 Å². The van der Waals surface area contributed by atoms with Crippen molar-refractivity contribution < 1.29 is 43.5 Å². The van der Waals surface area contributed by atoms with Crippen LogP contribution in [0, 0.1) is 23.7 Å². The molecule has 0 aromatic carbocycles. The molecular weight excluding hydrogens is 658 g/mol. The Kier molecular flexibility index (Phi) is 20.2. The van der Waals surface area contributed by atoms with Crippen molar-refractivity contribution >= 4 is 59.9 Å². The number of carbonyl (C=O) groups is 8. The first-order valence-electron chi connectivity index (χ1n) is 16.6. The highest BCUT2D eigenvalue weighted by atomic mass is 32.1. The minimum atomic E-state index is -1.62. The van der Waals surface area contributed by atoms with Crippen molar-refractivity contribution in [2.75, 3.05) is 5.75 Å². The molecule has 0 bridgehead atoms. The van der Waals surface area contributed by atoms with Crippen LogP contribution in [0.15, 0.2) is 0 Å². The first kappa shape index (κ1) is 45.1. The van der Waals surface area contributed by atoms with Crippen LogP contribution in [-0.4, -0.2) is 94.4 Å². The number of nitrogens with two attached hydrogens (primary N) is 1. The molecule has 0 radical (unpaired) electrons. The van der Waals surface area contributed by atoms with Gasteiger partial charge >= 0.3 is 5.97 Å². The largest absolute Gasteiger partial charge is 0.481 e. The number of primary amides is 1. The molecule has 0 saturated carbocycles. The minimum Gasteiger partial charge on any atom is -0.481 e. The van der Waals surface area contributed by atoms with Crippen molar-refractivity contribution in [1.82, 2.24) is 31.9 Å². The second-order valence-electron chi connectivity index (χ2n) is 13.2. The Hall–Kier alpha value is -3.89. The second-order valence-corrected chi connectivity index (χ2v) is 13.5. The zero-order chi connectivity index (χ0) is 38.2. The van der Waals surface area contributed by atoms with Gasteiger partial charge in [-0.05, 0) is 30.1 Å². The molecule has 0 fully saturated rings. The Morgan fingerprint density at radius 1 is 0.612 bits per heavy atom. The van der Waals surface area contributed by atoms with E-state index in [1.807, 2.05) is 6.92 Å². The van der Waals surface area contributed by atoms with Crippen molar-refractivity contribution in [2.45, 2.75) is 124 Å². The van der Waals surface area contributed by atoms with Crippen LogP contribution in [0.2, 0.25) is 0 Å². The summed E-state index contributed by atoms with van der Waals surface area (Å²) in [6.45, 7) is 15.5. The molecule has 0 heterocycles. The van der Waals surface area contributed by atoms with Gasteiger partial charge in [-0.25, -0.2) is 0 Å². The van der Waals surface area contributed by atoms with Crippen molar-refractivity contribution in [3.63, 3.8) is 0 Å². The van der Waals surface area contributed by atoms with Gasteiger partial charge in [0, 0.05) is 12.7 Å². The first-order valence-corrected chi connectivity index (χ1v) is 17.2. The van der Waals surface area contributed by atoms with Crippen LogP contribution >= 0.6 is 12.6 Å². The SMILES string of the molecule is CC[C@H](C)[C@H](NC(C)=O)C(=O)N[C@H](C(=O)N[C@H](C(=O)N[C@@H](CC(C)C)C(=O)N[C@@H](CC(=O)O)C(=O)N[C@@H](CS)C(N)=O)[C@@H](C)CC)C(C)C. The van der Waals surface area contributed by atoms with Gasteiger partial charge in [0.25, 0.3) is 0 Å². The molecular formula is C32H57N7O9S. The van der Waals surface area contributed by atoms with Gasteiger partial charge in [0.15, 0.2) is 0 Å². The van der Waals surface area contributed by atoms with Gasteiger partial charge in [0.05, 0.1) is 6.42 Å². The molecule has 0 unspecified atom stereocenters. The van der Waals surface area contributed by atoms with E-state index in [0.29, 0.717) is 12.8 Å². The van der Waals surface area contributed by atoms with Gasteiger partial charge in [-0.1, -0.05) is 68.2 Å². The predicted molar refractivity (Wildman–Crippen MR) is 186 cm³/mol. The van der Waals surface area contributed by atoms with Crippen molar-refractivity contribution in [2.24, 2.45) is 29.4 Å². The van der Waals surface area contributed by atoms with E-state index in [4.69, 9.17) is 5.73 Å². The van der Waals surface area contributed by atoms with E-state index in [9.17, 15) is 43.5 Å². The summed E-state index contributed by atoms with van der Waals surface area (Å²) in [5, 5.41) is 24.7. The fraction of sp³-hybridized carbons (Fsp3) is 0.750. The third-order valence-electron chi connectivity index (χ3n) is 8.09. The molecule has 0 aliphatic carbocycles. The second kappa shape index (κ2) is 22.0. The number of aliphatic carboxylic acids is 1. The van der Waals surface area contributed by atoms with Gasteiger partial charge in [-0.2, -0.15) is 12.6 Å². The van der Waals surface area contributed by atoms with Gasteiger partial charge in [0.2, 0.25) is 41.4 Å². The topological polar surface area (TPSA) is 255 Å². The number of carboxylic acid groups (broad SMARTS) is 1. The number of amides is 7. The molecule has 0 saturated heterocycles. The lowest BCUT2D eigenvalue weighted by Gasteiger charge is -2.31. The molecule has 0 aliphatic rings. The molecule has 0 spiro atoms. The number of hydrogen-bond acceptors (Lipinski definition) is 9. The van der Waals surface area contributed by atoms with E-state index in [2.05, 4.69) is 44.5 Å². The highest BCUT2D eigenvalue weighted by Crippen LogP contribution is 2.14. The lowest BCUT2D eigenvalue weighted by atomic mass is 9.94. The minimum absolute atomic E-state index is 0.0888. The van der Waals surface area contributed by atoms with Crippen molar-refractivity contribution in [3.8, 4) is 0 Å². The van der Waals surface area contributed by atoms with E-state index >= 15 is 0 Å². The van der Waals surface area contributed by atoms with Gasteiger partial charge < -0.3 is 42.7 Å². The molecule has 8 atom stereocenters. The van der Waals surface area contributed by atoms with Crippen LogP contribution in [0.3, 0.4) is 0 Å². The van der Waals surface area contributed by atoms with E-state index in [0.717, 1.165) is 0 Å². The van der Waals surface area contributed by atoms with Crippen LogP contribution in [0.5, 0.6) is 0 Å². The molecule has 0 rings (SSSR count). The van der Waals surface area contributed by atoms with Crippen LogP contribution in [0.1, 0.15) is 88.0 Å². The summed E-state index contributed by atoms with van der Waals surface area (Å²) >= 11 is 3.95. The molecule has 7 amide bonds. The molecule has 9 N–H and O–H groups in total. The summed E-state index contributed by atoms with van der Waals surface area (Å²) in [5.41, 5.74) is 5.24. The zero-order valence-corrected chi connectivity index (χ0v) is 30.9. The van der Waals surface area contributed by atoms with Crippen LogP contribution < -0.4 is 37.6 Å².